The fourth-order valence-electron chi connectivity index (χ4n) is 1.71. The molecule has 0 aliphatic carbocycles. The molecule has 0 aliphatic heterocycles. The normalized spacial score (nSPS) is 11.8. The van der Waals surface area contributed by atoms with Gasteiger partial charge in [0.25, 0.3) is 0 Å². The van der Waals surface area contributed by atoms with Crippen LogP contribution >= 0.6 is 27.5 Å². The Morgan fingerprint density at radius 3 is 2.67 bits per heavy atom. The van der Waals surface area contributed by atoms with E-state index < -0.39 is 10.0 Å². The van der Waals surface area contributed by atoms with Crippen molar-refractivity contribution >= 4 is 37.6 Å². The summed E-state index contributed by atoms with van der Waals surface area (Å²) in [4.78, 5) is 7.77. The van der Waals surface area contributed by atoms with Crippen molar-refractivity contribution < 1.29 is 8.42 Å². The summed E-state index contributed by atoms with van der Waals surface area (Å²) in [6, 6.07) is 5.16. The Labute approximate surface area is 137 Å². The fourth-order valence-corrected chi connectivity index (χ4v) is 3.80. The lowest BCUT2D eigenvalue weighted by Gasteiger charge is -2.17. The topological polar surface area (TPSA) is 63.2 Å². The maximum Gasteiger partial charge on any atom is 0.245 e. The molecule has 5 nitrogen and oxygen atoms in total. The second-order valence-electron chi connectivity index (χ2n) is 4.37. The van der Waals surface area contributed by atoms with Crippen molar-refractivity contribution in [1.82, 2.24) is 14.3 Å². The second-order valence-corrected chi connectivity index (χ2v) is 7.66. The van der Waals surface area contributed by atoms with E-state index in [9.17, 15) is 8.42 Å². The molecule has 0 fully saturated rings. The molecule has 0 atom stereocenters. The standard InChI is InChI=1S/C13H13BrClN3O2S/c1-18(7-4-10-2-5-16-6-3-10)21(19,20)12-8-11(14)9-17-13(12)15/h2-3,5-6,8-9H,4,7H2,1H3. The second kappa shape index (κ2) is 6.83. The van der Waals surface area contributed by atoms with Crippen LogP contribution in [0.3, 0.4) is 0 Å². The minimum Gasteiger partial charge on any atom is -0.265 e. The summed E-state index contributed by atoms with van der Waals surface area (Å²) in [7, 11) is -2.15. The molecule has 2 heterocycles. The third kappa shape index (κ3) is 4.00. The van der Waals surface area contributed by atoms with Gasteiger partial charge in [0.15, 0.2) is 0 Å². The molecule has 0 aromatic carbocycles. The highest BCUT2D eigenvalue weighted by molar-refractivity contribution is 9.10. The molecule has 0 unspecified atom stereocenters. The van der Waals surface area contributed by atoms with E-state index in [0.717, 1.165) is 5.56 Å². The van der Waals surface area contributed by atoms with Crippen molar-refractivity contribution in [2.24, 2.45) is 0 Å². The molecule has 0 bridgehead atoms. The zero-order valence-electron chi connectivity index (χ0n) is 11.2. The molecule has 0 spiro atoms. The number of hydrogen-bond acceptors (Lipinski definition) is 4. The first-order valence-electron chi connectivity index (χ1n) is 6.07. The molecule has 0 N–H and O–H groups in total. The lowest BCUT2D eigenvalue weighted by Crippen LogP contribution is -2.29. The molecule has 0 saturated carbocycles. The van der Waals surface area contributed by atoms with E-state index >= 15 is 0 Å². The quantitative estimate of drug-likeness (QED) is 0.737. The van der Waals surface area contributed by atoms with Crippen molar-refractivity contribution in [3.63, 3.8) is 0 Å². The third-order valence-corrected chi connectivity index (χ3v) is 5.64. The third-order valence-electron chi connectivity index (χ3n) is 2.93. The van der Waals surface area contributed by atoms with Gasteiger partial charge in [-0.1, -0.05) is 11.6 Å². The summed E-state index contributed by atoms with van der Waals surface area (Å²) in [6.07, 6.45) is 5.41. The number of rotatable bonds is 5. The van der Waals surface area contributed by atoms with Gasteiger partial charge in [-0.05, 0) is 46.1 Å². The van der Waals surface area contributed by atoms with Crippen LogP contribution < -0.4 is 0 Å². The highest BCUT2D eigenvalue weighted by atomic mass is 79.9. The van der Waals surface area contributed by atoms with Gasteiger partial charge in [-0.25, -0.2) is 17.7 Å². The lowest BCUT2D eigenvalue weighted by atomic mass is 10.2. The molecule has 2 aromatic rings. The van der Waals surface area contributed by atoms with Crippen molar-refractivity contribution in [2.45, 2.75) is 11.3 Å². The van der Waals surface area contributed by atoms with Gasteiger partial charge in [-0.15, -0.1) is 0 Å². The maximum absolute atomic E-state index is 12.5. The summed E-state index contributed by atoms with van der Waals surface area (Å²) in [6.45, 7) is 0.342. The predicted molar refractivity (Wildman–Crippen MR) is 84.7 cm³/mol. The van der Waals surface area contributed by atoms with Gasteiger partial charge >= 0.3 is 0 Å². The van der Waals surface area contributed by atoms with Crippen LogP contribution in [0.25, 0.3) is 0 Å². The van der Waals surface area contributed by atoms with Crippen LogP contribution in [0.4, 0.5) is 0 Å². The number of sulfonamides is 1. The van der Waals surface area contributed by atoms with E-state index in [4.69, 9.17) is 11.6 Å². The van der Waals surface area contributed by atoms with E-state index in [1.54, 1.807) is 12.4 Å². The highest BCUT2D eigenvalue weighted by Gasteiger charge is 2.24. The van der Waals surface area contributed by atoms with E-state index in [1.807, 2.05) is 12.1 Å². The Morgan fingerprint density at radius 1 is 1.33 bits per heavy atom. The van der Waals surface area contributed by atoms with Crippen LogP contribution in [0, 0.1) is 0 Å². The van der Waals surface area contributed by atoms with Crippen molar-refractivity contribution in [1.29, 1.82) is 0 Å². The SMILES string of the molecule is CN(CCc1ccncc1)S(=O)(=O)c1cc(Br)cnc1Cl. The summed E-state index contributed by atoms with van der Waals surface area (Å²) in [5.74, 6) is 0. The van der Waals surface area contributed by atoms with Crippen LogP contribution in [0.1, 0.15) is 5.56 Å². The van der Waals surface area contributed by atoms with Gasteiger partial charge in [0.2, 0.25) is 10.0 Å². The van der Waals surface area contributed by atoms with Gasteiger partial charge in [0.05, 0.1) is 0 Å². The van der Waals surface area contributed by atoms with Crippen LogP contribution in [0.2, 0.25) is 5.15 Å². The molecule has 0 saturated heterocycles. The summed E-state index contributed by atoms with van der Waals surface area (Å²) >= 11 is 9.10. The van der Waals surface area contributed by atoms with Gasteiger partial charge < -0.3 is 0 Å². The summed E-state index contributed by atoms with van der Waals surface area (Å²) in [5, 5.41) is -0.0334. The number of halogens is 2. The predicted octanol–water partition coefficient (Wildman–Crippen LogP) is 2.76. The van der Waals surface area contributed by atoms with Gasteiger partial charge in [0.1, 0.15) is 10.0 Å². The Kier molecular flexibility index (Phi) is 5.32. The monoisotopic (exact) mass is 389 g/mol. The van der Waals surface area contributed by atoms with Crippen LogP contribution in [-0.4, -0.2) is 36.3 Å². The number of likely N-dealkylation sites (N-methyl/N-ethyl adjacent to an activating group) is 1. The number of aromatic nitrogens is 2. The smallest absolute Gasteiger partial charge is 0.245 e. The molecule has 2 aromatic heterocycles. The molecule has 0 aliphatic rings. The zero-order valence-corrected chi connectivity index (χ0v) is 14.4. The van der Waals surface area contributed by atoms with Crippen LogP contribution in [0.15, 0.2) is 46.2 Å². The molecular formula is C13H13BrClN3O2S. The van der Waals surface area contributed by atoms with Gasteiger partial charge in [0, 0.05) is 36.7 Å². The Hall–Kier alpha value is -1.02. The van der Waals surface area contributed by atoms with E-state index in [0.29, 0.717) is 17.4 Å². The fraction of sp³-hybridized carbons (Fsp3) is 0.231. The van der Waals surface area contributed by atoms with Crippen molar-refractivity contribution in [2.75, 3.05) is 13.6 Å². The first-order valence-corrected chi connectivity index (χ1v) is 8.68. The molecule has 112 valence electrons. The minimum absolute atomic E-state index is 0.00392. The molecule has 2 rings (SSSR count). The Morgan fingerprint density at radius 2 is 2.00 bits per heavy atom. The van der Waals surface area contributed by atoms with Crippen molar-refractivity contribution in [3.05, 3.63) is 52.0 Å². The maximum atomic E-state index is 12.5. The molecule has 21 heavy (non-hydrogen) atoms. The number of pyridine rings is 2. The average Bonchev–Trinajstić information content (AvgIpc) is 2.48. The molecular weight excluding hydrogens is 378 g/mol. The number of hydrogen-bond donors (Lipinski definition) is 0. The van der Waals surface area contributed by atoms with Crippen LogP contribution in [-0.2, 0) is 16.4 Å². The van der Waals surface area contributed by atoms with Gasteiger partial charge in [-0.2, -0.15) is 0 Å². The highest BCUT2D eigenvalue weighted by Crippen LogP contribution is 2.25. The average molecular weight is 391 g/mol. The van der Waals surface area contributed by atoms with E-state index in [1.165, 1.54) is 23.6 Å². The molecule has 8 heteroatoms. The zero-order chi connectivity index (χ0) is 15.5. The summed E-state index contributed by atoms with van der Waals surface area (Å²) in [5.41, 5.74) is 1.02. The minimum atomic E-state index is -3.67. The number of nitrogens with zero attached hydrogens (tertiary/aromatic N) is 3. The molecule has 0 radical (unpaired) electrons. The van der Waals surface area contributed by atoms with E-state index in [-0.39, 0.29) is 10.0 Å². The van der Waals surface area contributed by atoms with Crippen molar-refractivity contribution in [3.8, 4) is 0 Å². The Balaban J connectivity index is 2.17. The van der Waals surface area contributed by atoms with Crippen LogP contribution in [0.5, 0.6) is 0 Å². The van der Waals surface area contributed by atoms with E-state index in [2.05, 4.69) is 25.9 Å². The van der Waals surface area contributed by atoms with Gasteiger partial charge in [-0.3, -0.25) is 4.98 Å². The largest absolute Gasteiger partial charge is 0.265 e. The molecule has 0 amide bonds. The lowest BCUT2D eigenvalue weighted by molar-refractivity contribution is 0.472. The summed E-state index contributed by atoms with van der Waals surface area (Å²) < 4.78 is 26.8. The first-order chi connectivity index (χ1) is 9.91. The Bertz CT molecular complexity index is 725. The first kappa shape index (κ1) is 16.4.